The lowest BCUT2D eigenvalue weighted by molar-refractivity contribution is 0.186. The molecule has 0 bridgehead atoms. The van der Waals surface area contributed by atoms with Crippen molar-refractivity contribution in [2.45, 2.75) is 13.5 Å². The molecule has 0 spiro atoms. The maximum Gasteiger partial charge on any atom is 0.179 e. The molecule has 0 amide bonds. The number of aryl methyl sites for hydroxylation is 1. The maximum atomic E-state index is 6.45. The van der Waals surface area contributed by atoms with Crippen LogP contribution in [0.2, 0.25) is 0 Å². The second-order valence-electron chi connectivity index (χ2n) is 6.19. The number of rotatable bonds is 5. The lowest BCUT2D eigenvalue weighted by atomic mass is 10.1. The van der Waals surface area contributed by atoms with Crippen LogP contribution in [0.1, 0.15) is 11.3 Å². The Kier molecular flexibility index (Phi) is 4.55. The summed E-state index contributed by atoms with van der Waals surface area (Å²) in [6.07, 6.45) is 0. The Morgan fingerprint density at radius 3 is 2.63 bits per heavy atom. The molecule has 4 aromatic rings. The van der Waals surface area contributed by atoms with Crippen molar-refractivity contribution in [1.29, 1.82) is 0 Å². The zero-order valence-electron chi connectivity index (χ0n) is 15.3. The van der Waals surface area contributed by atoms with Crippen molar-refractivity contribution >= 4 is 27.2 Å². The molecule has 0 aliphatic carbocycles. The topological polar surface area (TPSA) is 83.4 Å². The van der Waals surface area contributed by atoms with Gasteiger partial charge in [-0.3, -0.25) is 0 Å². The third-order valence-corrected chi connectivity index (χ3v) is 5.44. The molecule has 0 unspecified atom stereocenters. The molecule has 2 N–H and O–H groups in total. The molecule has 0 aliphatic heterocycles. The highest BCUT2D eigenvalue weighted by Crippen LogP contribution is 2.42. The Bertz CT molecular complexity index is 1100. The summed E-state index contributed by atoms with van der Waals surface area (Å²) in [5, 5.41) is 5.12. The van der Waals surface area contributed by atoms with Crippen LogP contribution < -0.4 is 10.5 Å². The van der Waals surface area contributed by atoms with E-state index in [0.717, 1.165) is 43.4 Å². The molecular weight excluding hydrogens is 362 g/mol. The molecule has 3 aromatic heterocycles. The Balaban J connectivity index is 1.77. The molecule has 3 heterocycles. The average Bonchev–Trinajstić information content (AvgIpc) is 3.27. The fraction of sp³-hybridized carbons (Fsp3) is 0.200. The zero-order chi connectivity index (χ0) is 19.0. The third kappa shape index (κ3) is 3.15. The summed E-state index contributed by atoms with van der Waals surface area (Å²) in [7, 11) is 3.31. The van der Waals surface area contributed by atoms with Crippen LogP contribution in [-0.2, 0) is 11.3 Å². The van der Waals surface area contributed by atoms with Gasteiger partial charge in [0.1, 0.15) is 16.3 Å². The highest BCUT2D eigenvalue weighted by Gasteiger charge is 2.20. The standard InChI is InChI=1S/C20H19N3O3S/c1-11-8-13(10-24-2)17-18(21)19(27-20(17)22-11)16-9-15(23-26-16)12-4-6-14(25-3)7-5-12/h4-9H,10,21H2,1-3H3. The number of pyridine rings is 1. The number of hydrogen-bond donors (Lipinski definition) is 1. The van der Waals surface area contributed by atoms with Crippen LogP contribution in [0.3, 0.4) is 0 Å². The SMILES string of the molecule is COCc1cc(C)nc2sc(-c3cc(-c4ccc(OC)cc4)no3)c(N)c12. The number of nitrogens with zero attached hydrogens (tertiary/aromatic N) is 2. The van der Waals surface area contributed by atoms with Crippen LogP contribution in [0.4, 0.5) is 5.69 Å². The van der Waals surface area contributed by atoms with E-state index >= 15 is 0 Å². The maximum absolute atomic E-state index is 6.45. The molecule has 7 heteroatoms. The Labute approximate surface area is 160 Å². The van der Waals surface area contributed by atoms with Crippen LogP contribution in [0, 0.1) is 6.92 Å². The number of anilines is 1. The summed E-state index contributed by atoms with van der Waals surface area (Å²) in [5.41, 5.74) is 10.7. The van der Waals surface area contributed by atoms with E-state index < -0.39 is 0 Å². The van der Waals surface area contributed by atoms with Crippen molar-refractivity contribution in [3.8, 4) is 27.6 Å². The van der Waals surface area contributed by atoms with Gasteiger partial charge in [0.25, 0.3) is 0 Å². The first-order valence-corrected chi connectivity index (χ1v) is 9.21. The van der Waals surface area contributed by atoms with Crippen molar-refractivity contribution in [1.82, 2.24) is 10.1 Å². The number of nitrogens with two attached hydrogens (primary N) is 1. The summed E-state index contributed by atoms with van der Waals surface area (Å²) < 4.78 is 16.1. The van der Waals surface area contributed by atoms with E-state index in [1.165, 1.54) is 11.3 Å². The molecule has 0 saturated heterocycles. The van der Waals surface area contributed by atoms with Gasteiger partial charge in [0.15, 0.2) is 5.76 Å². The minimum Gasteiger partial charge on any atom is -0.497 e. The van der Waals surface area contributed by atoms with Gasteiger partial charge in [0.05, 0.1) is 24.3 Å². The highest BCUT2D eigenvalue weighted by molar-refractivity contribution is 7.22. The first-order chi connectivity index (χ1) is 13.1. The monoisotopic (exact) mass is 381 g/mol. The van der Waals surface area contributed by atoms with E-state index in [9.17, 15) is 0 Å². The van der Waals surface area contributed by atoms with E-state index in [1.807, 2.05) is 43.3 Å². The van der Waals surface area contributed by atoms with E-state index in [2.05, 4.69) is 10.1 Å². The van der Waals surface area contributed by atoms with Crippen LogP contribution in [-0.4, -0.2) is 24.4 Å². The van der Waals surface area contributed by atoms with Crippen LogP contribution in [0.5, 0.6) is 5.75 Å². The number of fused-ring (bicyclic) bond motifs is 1. The Morgan fingerprint density at radius 2 is 1.93 bits per heavy atom. The van der Waals surface area contributed by atoms with Crippen molar-refractivity contribution in [2.24, 2.45) is 0 Å². The second kappa shape index (κ2) is 7.02. The highest BCUT2D eigenvalue weighted by atomic mass is 32.1. The lowest BCUT2D eigenvalue weighted by Crippen LogP contribution is -1.94. The van der Waals surface area contributed by atoms with Gasteiger partial charge in [-0.2, -0.15) is 0 Å². The summed E-state index contributed by atoms with van der Waals surface area (Å²) in [6.45, 7) is 2.44. The number of methoxy groups -OCH3 is 2. The van der Waals surface area contributed by atoms with Gasteiger partial charge in [-0.15, -0.1) is 11.3 Å². The fourth-order valence-corrected chi connectivity index (χ4v) is 4.20. The fourth-order valence-electron chi connectivity index (χ4n) is 3.07. The smallest absolute Gasteiger partial charge is 0.179 e. The summed E-state index contributed by atoms with van der Waals surface area (Å²) in [6, 6.07) is 11.6. The van der Waals surface area contributed by atoms with Crippen molar-refractivity contribution in [3.05, 3.63) is 47.7 Å². The van der Waals surface area contributed by atoms with Crippen molar-refractivity contribution < 1.29 is 14.0 Å². The van der Waals surface area contributed by atoms with Gasteiger partial charge in [-0.05, 0) is 42.8 Å². The number of nitrogen functional groups attached to an aromatic ring is 1. The van der Waals surface area contributed by atoms with Gasteiger partial charge in [-0.1, -0.05) is 5.16 Å². The molecular formula is C20H19N3O3S. The number of thiophene rings is 1. The summed E-state index contributed by atoms with van der Waals surface area (Å²) in [4.78, 5) is 6.32. The van der Waals surface area contributed by atoms with Crippen LogP contribution in [0.15, 0.2) is 40.9 Å². The molecule has 138 valence electrons. The minimum absolute atomic E-state index is 0.480. The Morgan fingerprint density at radius 1 is 1.15 bits per heavy atom. The van der Waals surface area contributed by atoms with Gasteiger partial charge < -0.3 is 19.7 Å². The van der Waals surface area contributed by atoms with E-state index in [4.69, 9.17) is 19.7 Å². The molecule has 0 fully saturated rings. The van der Waals surface area contributed by atoms with Crippen molar-refractivity contribution in [2.75, 3.05) is 20.0 Å². The molecule has 0 atom stereocenters. The van der Waals surface area contributed by atoms with E-state index in [-0.39, 0.29) is 0 Å². The molecule has 1 aromatic carbocycles. The van der Waals surface area contributed by atoms with Crippen LogP contribution >= 0.6 is 11.3 Å². The zero-order valence-corrected chi connectivity index (χ0v) is 16.1. The molecule has 0 radical (unpaired) electrons. The number of benzene rings is 1. The summed E-state index contributed by atoms with van der Waals surface area (Å²) >= 11 is 1.50. The number of hydrogen-bond acceptors (Lipinski definition) is 7. The largest absolute Gasteiger partial charge is 0.497 e. The third-order valence-electron chi connectivity index (χ3n) is 4.33. The predicted molar refractivity (Wildman–Crippen MR) is 107 cm³/mol. The van der Waals surface area contributed by atoms with Crippen molar-refractivity contribution in [3.63, 3.8) is 0 Å². The molecule has 0 saturated carbocycles. The average molecular weight is 381 g/mol. The lowest BCUT2D eigenvalue weighted by Gasteiger charge is -2.04. The minimum atomic E-state index is 0.480. The number of aromatic nitrogens is 2. The normalized spacial score (nSPS) is 11.2. The molecule has 27 heavy (non-hydrogen) atoms. The van der Waals surface area contributed by atoms with Crippen LogP contribution in [0.25, 0.3) is 32.1 Å². The molecule has 4 rings (SSSR count). The predicted octanol–water partition coefficient (Wildman–Crippen LogP) is 4.66. The first-order valence-electron chi connectivity index (χ1n) is 8.39. The quantitative estimate of drug-likeness (QED) is 0.541. The van der Waals surface area contributed by atoms with Gasteiger partial charge >= 0.3 is 0 Å². The molecule has 0 aliphatic rings. The summed E-state index contributed by atoms with van der Waals surface area (Å²) in [5.74, 6) is 1.42. The number of ether oxygens (including phenoxy) is 2. The Hall–Kier alpha value is -2.90. The van der Waals surface area contributed by atoms with Gasteiger partial charge in [0, 0.05) is 29.8 Å². The van der Waals surface area contributed by atoms with Gasteiger partial charge in [-0.25, -0.2) is 4.98 Å². The second-order valence-corrected chi connectivity index (χ2v) is 7.18. The van der Waals surface area contributed by atoms with E-state index in [0.29, 0.717) is 18.1 Å². The first kappa shape index (κ1) is 17.5. The van der Waals surface area contributed by atoms with E-state index in [1.54, 1.807) is 14.2 Å². The molecule has 6 nitrogen and oxygen atoms in total. The van der Waals surface area contributed by atoms with Gasteiger partial charge in [0.2, 0.25) is 0 Å².